The van der Waals surface area contributed by atoms with Crippen molar-refractivity contribution in [1.82, 2.24) is 25.5 Å². The van der Waals surface area contributed by atoms with Crippen LogP contribution in [0.15, 0.2) is 42.5 Å². The van der Waals surface area contributed by atoms with E-state index in [2.05, 4.69) is 20.8 Å². The van der Waals surface area contributed by atoms with Crippen LogP contribution in [0.3, 0.4) is 0 Å². The lowest BCUT2D eigenvalue weighted by Gasteiger charge is -2.26. The molecule has 3 aromatic rings. The fourth-order valence-electron chi connectivity index (χ4n) is 4.73. The van der Waals surface area contributed by atoms with Crippen molar-refractivity contribution in [3.63, 3.8) is 0 Å². The van der Waals surface area contributed by atoms with E-state index in [-0.39, 0.29) is 48.2 Å². The minimum atomic E-state index is -0.300. The van der Waals surface area contributed by atoms with Crippen molar-refractivity contribution in [1.29, 1.82) is 0 Å². The molecule has 1 aliphatic rings. The molecule has 8 nitrogen and oxygen atoms in total. The Kier molecular flexibility index (Phi) is 8.80. The number of carbonyl (C=O) groups is 1. The number of esters is 1. The van der Waals surface area contributed by atoms with Crippen LogP contribution in [-0.4, -0.2) is 45.4 Å². The number of aryl methyl sites for hydroxylation is 1. The first-order valence-corrected chi connectivity index (χ1v) is 11.5. The molecule has 0 amide bonds. The quantitative estimate of drug-likeness (QED) is 0.464. The number of tetrazole rings is 1. The van der Waals surface area contributed by atoms with Crippen LogP contribution >= 0.6 is 12.4 Å². The van der Waals surface area contributed by atoms with Gasteiger partial charge in [-0.3, -0.25) is 4.79 Å². The molecule has 1 aliphatic carbocycles. The molecule has 0 radical (unpaired) electrons. The van der Waals surface area contributed by atoms with E-state index >= 15 is 0 Å². The van der Waals surface area contributed by atoms with Gasteiger partial charge in [0.15, 0.2) is 5.82 Å². The highest BCUT2D eigenvalue weighted by Gasteiger charge is 2.41. The first kappa shape index (κ1) is 26.6. The van der Waals surface area contributed by atoms with Crippen molar-refractivity contribution in [3.05, 3.63) is 59.4 Å². The second-order valence-corrected chi connectivity index (χ2v) is 8.89. The number of hydrogen-bond acceptors (Lipinski definition) is 7. The summed E-state index contributed by atoms with van der Waals surface area (Å²) in [5.74, 6) is 0.505. The van der Waals surface area contributed by atoms with Crippen molar-refractivity contribution in [3.8, 4) is 17.1 Å². The maximum atomic E-state index is 13.6. The largest absolute Gasteiger partial charge is 0.491 e. The zero-order valence-electron chi connectivity index (χ0n) is 20.3. The average Bonchev–Trinajstić information content (AvgIpc) is 3.44. The zero-order valence-corrected chi connectivity index (χ0v) is 21.1. The molecule has 3 atom stereocenters. The Morgan fingerprint density at radius 2 is 1.94 bits per heavy atom. The molecule has 4 rings (SSSR count). The minimum Gasteiger partial charge on any atom is -0.491 e. The Morgan fingerprint density at radius 3 is 2.57 bits per heavy atom. The minimum absolute atomic E-state index is 0. The van der Waals surface area contributed by atoms with Gasteiger partial charge in [-0.1, -0.05) is 12.1 Å². The Morgan fingerprint density at radius 1 is 1.20 bits per heavy atom. The summed E-state index contributed by atoms with van der Waals surface area (Å²) in [4.78, 5) is 12.5. The maximum Gasteiger partial charge on any atom is 0.309 e. The third kappa shape index (κ3) is 5.97. The van der Waals surface area contributed by atoms with Crippen LogP contribution in [0.5, 0.6) is 5.75 Å². The van der Waals surface area contributed by atoms with E-state index in [4.69, 9.17) is 9.47 Å². The Labute approximate surface area is 210 Å². The van der Waals surface area contributed by atoms with Crippen molar-refractivity contribution in [2.75, 3.05) is 7.11 Å². The normalized spacial score (nSPS) is 19.4. The second kappa shape index (κ2) is 11.6. The van der Waals surface area contributed by atoms with Crippen molar-refractivity contribution < 1.29 is 18.7 Å². The van der Waals surface area contributed by atoms with Crippen molar-refractivity contribution in [2.45, 2.75) is 51.3 Å². The van der Waals surface area contributed by atoms with Gasteiger partial charge in [0.2, 0.25) is 0 Å². The van der Waals surface area contributed by atoms with Gasteiger partial charge >= 0.3 is 5.97 Å². The highest BCUT2D eigenvalue weighted by Crippen LogP contribution is 2.41. The third-order valence-corrected chi connectivity index (χ3v) is 6.27. The highest BCUT2D eigenvalue weighted by molar-refractivity contribution is 5.85. The number of aromatic nitrogens is 4. The maximum absolute atomic E-state index is 13.6. The average molecular weight is 504 g/mol. The summed E-state index contributed by atoms with van der Waals surface area (Å²) in [5, 5.41) is 15.4. The van der Waals surface area contributed by atoms with Gasteiger partial charge in [0.05, 0.1) is 19.1 Å². The summed E-state index contributed by atoms with van der Waals surface area (Å²) in [6.45, 7) is 4.50. The number of nitrogens with zero attached hydrogens (tertiary/aromatic N) is 4. The van der Waals surface area contributed by atoms with Gasteiger partial charge in [0.1, 0.15) is 11.6 Å². The number of rotatable bonds is 8. The standard InChI is InChI=1S/C25H30FN5O3.ClH/c1-15(2)34-22-12-7-17(24-28-29-30-31(24)3)13-18(22)14-27-21-11-10-20(25(32)33-4)23(21)16-5-8-19(26)9-6-16;/h5-9,12-13,15,20-21,23,27H,10-11,14H2,1-4H3;1H/t20-,21-,23+;/m0./s1. The molecule has 1 saturated carbocycles. The van der Waals surface area contributed by atoms with Gasteiger partial charge in [0.25, 0.3) is 0 Å². The van der Waals surface area contributed by atoms with Gasteiger partial charge in [0, 0.05) is 36.7 Å². The number of nitrogens with one attached hydrogen (secondary N) is 1. The van der Waals surface area contributed by atoms with Crippen LogP contribution in [0.4, 0.5) is 4.39 Å². The van der Waals surface area contributed by atoms with Crippen molar-refractivity contribution in [2.24, 2.45) is 13.0 Å². The SMILES string of the molecule is COC(=O)[C@H]1CC[C@H](NCc2cc(-c3nnnn3C)ccc2OC(C)C)[C@@H]1c1ccc(F)cc1.Cl. The van der Waals surface area contributed by atoms with Gasteiger partial charge < -0.3 is 14.8 Å². The first-order valence-electron chi connectivity index (χ1n) is 11.5. The van der Waals surface area contributed by atoms with E-state index in [1.165, 1.54) is 19.2 Å². The fraction of sp³-hybridized carbons (Fsp3) is 0.440. The van der Waals surface area contributed by atoms with E-state index in [0.29, 0.717) is 18.8 Å². The Balaban J connectivity index is 0.00000342. The highest BCUT2D eigenvalue weighted by atomic mass is 35.5. The van der Waals surface area contributed by atoms with E-state index in [1.807, 2.05) is 32.0 Å². The van der Waals surface area contributed by atoms with Crippen LogP contribution < -0.4 is 10.1 Å². The van der Waals surface area contributed by atoms with Crippen LogP contribution in [0.2, 0.25) is 0 Å². The molecule has 0 aliphatic heterocycles. The molecule has 0 bridgehead atoms. The molecule has 188 valence electrons. The molecule has 1 N–H and O–H groups in total. The lowest BCUT2D eigenvalue weighted by Crippen LogP contribution is -2.34. The molecule has 0 unspecified atom stereocenters. The zero-order chi connectivity index (χ0) is 24.2. The van der Waals surface area contributed by atoms with E-state index in [1.54, 1.807) is 23.9 Å². The van der Waals surface area contributed by atoms with E-state index in [9.17, 15) is 9.18 Å². The molecule has 0 saturated heterocycles. The van der Waals surface area contributed by atoms with Crippen molar-refractivity contribution >= 4 is 18.4 Å². The summed E-state index contributed by atoms with van der Waals surface area (Å²) in [6.07, 6.45) is 1.52. The number of hydrogen-bond donors (Lipinski definition) is 1. The fourth-order valence-corrected chi connectivity index (χ4v) is 4.73. The van der Waals surface area contributed by atoms with E-state index in [0.717, 1.165) is 28.9 Å². The molecular weight excluding hydrogens is 473 g/mol. The Hall–Kier alpha value is -3.04. The second-order valence-electron chi connectivity index (χ2n) is 8.89. The van der Waals surface area contributed by atoms with Gasteiger partial charge in [-0.25, -0.2) is 9.07 Å². The van der Waals surface area contributed by atoms with Crippen LogP contribution in [0.1, 0.15) is 43.7 Å². The topological polar surface area (TPSA) is 91.2 Å². The van der Waals surface area contributed by atoms with Crippen LogP contribution in [0, 0.1) is 11.7 Å². The third-order valence-electron chi connectivity index (χ3n) is 6.27. The molecule has 35 heavy (non-hydrogen) atoms. The van der Waals surface area contributed by atoms with Crippen LogP contribution in [0.25, 0.3) is 11.4 Å². The Bertz CT molecular complexity index is 1140. The number of halogens is 2. The summed E-state index contributed by atoms with van der Waals surface area (Å²) >= 11 is 0. The molecular formula is C25H31ClFN5O3. The summed E-state index contributed by atoms with van der Waals surface area (Å²) in [6, 6.07) is 12.3. The monoisotopic (exact) mass is 503 g/mol. The number of benzene rings is 2. The number of ether oxygens (including phenoxy) is 2. The lowest BCUT2D eigenvalue weighted by atomic mass is 9.86. The summed E-state index contributed by atoms with van der Waals surface area (Å²) < 4.78 is 26.3. The smallest absolute Gasteiger partial charge is 0.309 e. The van der Waals surface area contributed by atoms with Crippen LogP contribution in [-0.2, 0) is 23.1 Å². The number of methoxy groups -OCH3 is 1. The predicted molar refractivity (Wildman–Crippen MR) is 132 cm³/mol. The molecule has 1 fully saturated rings. The number of carbonyl (C=O) groups excluding carboxylic acids is 1. The van der Waals surface area contributed by atoms with Gasteiger partial charge in [-0.15, -0.1) is 17.5 Å². The predicted octanol–water partition coefficient (Wildman–Crippen LogP) is 4.05. The molecule has 1 aromatic heterocycles. The first-order chi connectivity index (χ1) is 16.4. The molecule has 2 aromatic carbocycles. The lowest BCUT2D eigenvalue weighted by molar-refractivity contribution is -0.145. The summed E-state index contributed by atoms with van der Waals surface area (Å²) in [7, 11) is 3.21. The van der Waals surface area contributed by atoms with Gasteiger partial charge in [-0.05, 0) is 73.0 Å². The van der Waals surface area contributed by atoms with E-state index < -0.39 is 0 Å². The van der Waals surface area contributed by atoms with Gasteiger partial charge in [-0.2, -0.15) is 0 Å². The molecule has 10 heteroatoms. The molecule has 1 heterocycles. The molecule has 0 spiro atoms. The summed E-state index contributed by atoms with van der Waals surface area (Å²) in [5.41, 5.74) is 2.77.